The Balaban J connectivity index is 2.23. The van der Waals surface area contributed by atoms with Crippen LogP contribution in [0, 0.1) is 5.92 Å². The van der Waals surface area contributed by atoms with Crippen LogP contribution in [0.25, 0.3) is 0 Å². The number of ether oxygens (including phenoxy) is 2. The van der Waals surface area contributed by atoms with Crippen molar-refractivity contribution in [1.29, 1.82) is 0 Å². The lowest BCUT2D eigenvalue weighted by molar-refractivity contribution is -0.00979. The molecule has 19 heavy (non-hydrogen) atoms. The molecule has 0 radical (unpaired) electrons. The number of benzene rings is 1. The summed E-state index contributed by atoms with van der Waals surface area (Å²) in [6.45, 7) is 4.19. The number of hydrogen-bond acceptors (Lipinski definition) is 4. The highest BCUT2D eigenvalue weighted by atomic mass is 16.5. The van der Waals surface area contributed by atoms with Crippen LogP contribution in [0.5, 0.6) is 11.5 Å². The minimum atomic E-state index is -0.873. The van der Waals surface area contributed by atoms with Gasteiger partial charge in [-0.2, -0.15) is 0 Å². The lowest BCUT2D eigenvalue weighted by atomic mass is 9.88. The fourth-order valence-corrected chi connectivity index (χ4v) is 2.08. The third-order valence-electron chi connectivity index (χ3n) is 3.64. The highest BCUT2D eigenvalue weighted by molar-refractivity contribution is 5.46. The van der Waals surface area contributed by atoms with E-state index in [1.807, 2.05) is 19.1 Å². The van der Waals surface area contributed by atoms with Gasteiger partial charge in [0, 0.05) is 17.9 Å². The molecule has 0 aromatic heterocycles. The van der Waals surface area contributed by atoms with Crippen LogP contribution in [0.2, 0.25) is 0 Å². The largest absolute Gasteiger partial charge is 0.504 e. The van der Waals surface area contributed by atoms with Crippen molar-refractivity contribution in [3.8, 4) is 11.5 Å². The summed E-state index contributed by atoms with van der Waals surface area (Å²) in [7, 11) is 1.52. The van der Waals surface area contributed by atoms with Gasteiger partial charge in [0.05, 0.1) is 25.1 Å². The van der Waals surface area contributed by atoms with E-state index in [0.29, 0.717) is 24.5 Å². The summed E-state index contributed by atoms with van der Waals surface area (Å²) in [4.78, 5) is 0. The topological polar surface area (TPSA) is 58.9 Å². The molecule has 0 amide bonds. The molecular formula is C15H20O4. The molecule has 1 aliphatic rings. The zero-order valence-electron chi connectivity index (χ0n) is 11.5. The number of methoxy groups -OCH3 is 1. The average molecular weight is 264 g/mol. The summed E-state index contributed by atoms with van der Waals surface area (Å²) in [5.74, 6) is 1.28. The fourth-order valence-electron chi connectivity index (χ4n) is 2.08. The fraction of sp³-hybridized carbons (Fsp3) is 0.467. The zero-order chi connectivity index (χ0) is 14.0. The second kappa shape index (κ2) is 5.13. The monoisotopic (exact) mass is 264 g/mol. The standard InChI is InChI=1S/C15H20O4/c1-10-9-19-12(8-15(10,2)17)7-11-5-4-6-13(18-3)14(11)16/h4-6,8,10,16-17H,7,9H2,1-3H3. The molecule has 0 bridgehead atoms. The lowest BCUT2D eigenvalue weighted by Crippen LogP contribution is -2.37. The molecule has 1 aromatic carbocycles. The number of allylic oxidation sites excluding steroid dienone is 1. The maximum Gasteiger partial charge on any atom is 0.161 e. The third-order valence-corrected chi connectivity index (χ3v) is 3.64. The van der Waals surface area contributed by atoms with Crippen molar-refractivity contribution in [2.45, 2.75) is 25.9 Å². The van der Waals surface area contributed by atoms with E-state index in [2.05, 4.69) is 0 Å². The molecule has 104 valence electrons. The number of hydrogen-bond donors (Lipinski definition) is 2. The maximum atomic E-state index is 10.2. The van der Waals surface area contributed by atoms with Crippen molar-refractivity contribution in [3.63, 3.8) is 0 Å². The van der Waals surface area contributed by atoms with Gasteiger partial charge in [0.25, 0.3) is 0 Å². The van der Waals surface area contributed by atoms with Crippen LogP contribution in [0.15, 0.2) is 30.0 Å². The normalized spacial score (nSPS) is 26.5. The van der Waals surface area contributed by atoms with Crippen molar-refractivity contribution in [3.05, 3.63) is 35.6 Å². The molecule has 0 saturated heterocycles. The highest BCUT2D eigenvalue weighted by Crippen LogP contribution is 2.33. The first-order valence-electron chi connectivity index (χ1n) is 6.36. The first-order chi connectivity index (χ1) is 8.94. The van der Waals surface area contributed by atoms with E-state index in [4.69, 9.17) is 9.47 Å². The van der Waals surface area contributed by atoms with E-state index in [9.17, 15) is 10.2 Å². The van der Waals surface area contributed by atoms with Gasteiger partial charge in [0.2, 0.25) is 0 Å². The minimum Gasteiger partial charge on any atom is -0.504 e. The van der Waals surface area contributed by atoms with Crippen LogP contribution in [0.1, 0.15) is 19.4 Å². The molecule has 4 nitrogen and oxygen atoms in total. The molecule has 2 unspecified atom stereocenters. The Morgan fingerprint density at radius 3 is 2.84 bits per heavy atom. The van der Waals surface area contributed by atoms with Gasteiger partial charge in [-0.05, 0) is 19.1 Å². The molecule has 2 atom stereocenters. The predicted molar refractivity (Wildman–Crippen MR) is 72.2 cm³/mol. The van der Waals surface area contributed by atoms with Crippen LogP contribution < -0.4 is 4.74 Å². The van der Waals surface area contributed by atoms with Gasteiger partial charge in [-0.25, -0.2) is 0 Å². The van der Waals surface area contributed by atoms with Crippen LogP contribution in [-0.4, -0.2) is 29.5 Å². The quantitative estimate of drug-likeness (QED) is 0.879. The second-order valence-corrected chi connectivity index (χ2v) is 5.19. The van der Waals surface area contributed by atoms with Crippen LogP contribution in [-0.2, 0) is 11.2 Å². The lowest BCUT2D eigenvalue weighted by Gasteiger charge is -2.33. The number of phenols is 1. The minimum absolute atomic E-state index is 0.0511. The Morgan fingerprint density at radius 2 is 2.21 bits per heavy atom. The Kier molecular flexibility index (Phi) is 3.71. The van der Waals surface area contributed by atoms with Crippen LogP contribution in [0.3, 0.4) is 0 Å². The second-order valence-electron chi connectivity index (χ2n) is 5.19. The number of rotatable bonds is 3. The van der Waals surface area contributed by atoms with Gasteiger partial charge in [-0.15, -0.1) is 0 Å². The maximum absolute atomic E-state index is 10.2. The van der Waals surface area contributed by atoms with Gasteiger partial charge >= 0.3 is 0 Å². The molecule has 2 rings (SSSR count). The summed E-state index contributed by atoms with van der Waals surface area (Å²) < 4.78 is 10.7. The third kappa shape index (κ3) is 2.84. The van der Waals surface area contributed by atoms with Gasteiger partial charge in [-0.1, -0.05) is 19.1 Å². The summed E-state index contributed by atoms with van der Waals surface area (Å²) >= 11 is 0. The number of para-hydroxylation sites is 1. The molecule has 4 heteroatoms. The Labute approximate surface area is 113 Å². The Hall–Kier alpha value is -1.68. The average Bonchev–Trinajstić information content (AvgIpc) is 2.36. The molecule has 0 spiro atoms. The molecule has 0 saturated carbocycles. The predicted octanol–water partition coefficient (Wildman–Crippen LogP) is 2.24. The van der Waals surface area contributed by atoms with Gasteiger partial charge in [0.15, 0.2) is 11.5 Å². The SMILES string of the molecule is COc1cccc(CC2=CC(C)(O)C(C)CO2)c1O. The van der Waals surface area contributed by atoms with Crippen LogP contribution in [0.4, 0.5) is 0 Å². The van der Waals surface area contributed by atoms with Gasteiger partial charge < -0.3 is 19.7 Å². The molecule has 1 heterocycles. The molecule has 0 fully saturated rings. The summed E-state index contributed by atoms with van der Waals surface area (Å²) in [5, 5.41) is 20.2. The molecule has 1 aromatic rings. The summed E-state index contributed by atoms with van der Waals surface area (Å²) in [6.07, 6.45) is 2.16. The van der Waals surface area contributed by atoms with Crippen molar-refractivity contribution < 1.29 is 19.7 Å². The van der Waals surface area contributed by atoms with E-state index in [1.54, 1.807) is 19.1 Å². The van der Waals surface area contributed by atoms with Gasteiger partial charge in [-0.3, -0.25) is 0 Å². The number of phenolic OH excluding ortho intramolecular Hbond substituents is 1. The Morgan fingerprint density at radius 1 is 1.47 bits per heavy atom. The van der Waals surface area contributed by atoms with Crippen molar-refractivity contribution >= 4 is 0 Å². The molecule has 1 aliphatic heterocycles. The first kappa shape index (κ1) is 13.7. The molecule has 0 aliphatic carbocycles. The first-order valence-corrected chi connectivity index (χ1v) is 6.36. The van der Waals surface area contributed by atoms with Crippen molar-refractivity contribution in [2.75, 3.05) is 13.7 Å². The smallest absolute Gasteiger partial charge is 0.161 e. The number of aromatic hydroxyl groups is 1. The van der Waals surface area contributed by atoms with Crippen LogP contribution >= 0.6 is 0 Å². The van der Waals surface area contributed by atoms with E-state index in [0.717, 1.165) is 5.56 Å². The van der Waals surface area contributed by atoms with Crippen molar-refractivity contribution in [1.82, 2.24) is 0 Å². The van der Waals surface area contributed by atoms with E-state index >= 15 is 0 Å². The summed E-state index contributed by atoms with van der Waals surface area (Å²) in [5.41, 5.74) is -0.154. The van der Waals surface area contributed by atoms with Crippen molar-refractivity contribution in [2.24, 2.45) is 5.92 Å². The van der Waals surface area contributed by atoms with E-state index in [-0.39, 0.29) is 11.7 Å². The summed E-state index contributed by atoms with van der Waals surface area (Å²) in [6, 6.07) is 5.33. The molecular weight excluding hydrogens is 244 g/mol. The Bertz CT molecular complexity index is 491. The molecule has 2 N–H and O–H groups in total. The van der Waals surface area contributed by atoms with E-state index in [1.165, 1.54) is 7.11 Å². The van der Waals surface area contributed by atoms with E-state index < -0.39 is 5.60 Å². The zero-order valence-corrected chi connectivity index (χ0v) is 11.5. The highest BCUT2D eigenvalue weighted by Gasteiger charge is 2.31. The number of aliphatic hydroxyl groups is 1. The van der Waals surface area contributed by atoms with Gasteiger partial charge in [0.1, 0.15) is 0 Å².